The fourth-order valence-electron chi connectivity index (χ4n) is 5.99. The number of benzene rings is 2. The number of ether oxygens (including phenoxy) is 1. The van der Waals surface area contributed by atoms with Crippen molar-refractivity contribution in [3.05, 3.63) is 78.0 Å². The summed E-state index contributed by atoms with van der Waals surface area (Å²) in [5.74, 6) is 1.35. The molecule has 3 saturated heterocycles. The van der Waals surface area contributed by atoms with Gasteiger partial charge in [0.25, 0.3) is 0 Å². The van der Waals surface area contributed by atoms with Gasteiger partial charge in [-0.25, -0.2) is 0 Å². The second kappa shape index (κ2) is 11.1. The van der Waals surface area contributed by atoms with Gasteiger partial charge in [0.2, 0.25) is 0 Å². The molecule has 6 rings (SSSR count). The van der Waals surface area contributed by atoms with Crippen molar-refractivity contribution in [2.24, 2.45) is 11.8 Å². The standard InChI is InChI=1S/C29H28F6N4OS/c1-3-16-15-39-9-7-17(16)10-25(39)26(22-6-8-36-24-5-4-21(40-2)14-23(22)24)38-27(41)37-20-12-18(28(30,31)32)11-19(13-20)29(33,34)35/h3-6,8,11-14,16-17,25-26H,1,7,9-10,15H2,2H3,(H2,37,38,41)/t16-,17?,25?,26-/m0/s1. The summed E-state index contributed by atoms with van der Waals surface area (Å²) in [6.45, 7) is 5.63. The molecule has 0 spiro atoms. The zero-order valence-electron chi connectivity index (χ0n) is 22.0. The molecule has 5 nitrogen and oxygen atoms in total. The van der Waals surface area contributed by atoms with Crippen molar-refractivity contribution in [3.8, 4) is 5.75 Å². The second-order valence-corrected chi connectivity index (χ2v) is 10.8. The summed E-state index contributed by atoms with van der Waals surface area (Å²) in [5, 5.41) is 6.52. The van der Waals surface area contributed by atoms with Crippen LogP contribution < -0.4 is 15.4 Å². The molecule has 0 radical (unpaired) electrons. The van der Waals surface area contributed by atoms with Gasteiger partial charge < -0.3 is 15.4 Å². The molecule has 3 aliphatic heterocycles. The summed E-state index contributed by atoms with van der Waals surface area (Å²) in [6.07, 6.45) is -4.48. The fourth-order valence-corrected chi connectivity index (χ4v) is 6.23. The van der Waals surface area contributed by atoms with E-state index < -0.39 is 35.2 Å². The number of nitrogens with zero attached hydrogens (tertiary/aromatic N) is 2. The Labute approximate surface area is 238 Å². The Balaban J connectivity index is 1.51. The lowest BCUT2D eigenvalue weighted by Crippen LogP contribution is -2.57. The van der Waals surface area contributed by atoms with Crippen LogP contribution >= 0.6 is 12.2 Å². The van der Waals surface area contributed by atoms with E-state index in [1.807, 2.05) is 24.3 Å². The minimum Gasteiger partial charge on any atom is -0.497 e. The van der Waals surface area contributed by atoms with Gasteiger partial charge in [-0.1, -0.05) is 6.08 Å². The smallest absolute Gasteiger partial charge is 0.416 e. The maximum absolute atomic E-state index is 13.4. The van der Waals surface area contributed by atoms with Crippen molar-refractivity contribution < 1.29 is 31.1 Å². The third-order valence-corrected chi connectivity index (χ3v) is 8.21. The van der Waals surface area contributed by atoms with E-state index in [0.717, 1.165) is 36.9 Å². The predicted molar refractivity (Wildman–Crippen MR) is 149 cm³/mol. The SMILES string of the molecule is C=C[C@H]1CN2CCC1CC2[C@@H](NC(=S)Nc1cc(C(F)(F)F)cc(C(F)(F)F)c1)c1ccnc2ccc(OC)cc12. The van der Waals surface area contributed by atoms with Crippen molar-refractivity contribution in [3.63, 3.8) is 0 Å². The molecule has 0 aliphatic carbocycles. The maximum atomic E-state index is 13.4. The number of hydrogen-bond donors (Lipinski definition) is 2. The molecule has 5 atom stereocenters. The van der Waals surface area contributed by atoms with Gasteiger partial charge in [-0.15, -0.1) is 6.58 Å². The van der Waals surface area contributed by atoms with E-state index in [-0.39, 0.29) is 17.2 Å². The van der Waals surface area contributed by atoms with Gasteiger partial charge in [0.15, 0.2) is 5.11 Å². The monoisotopic (exact) mass is 594 g/mol. The Hall–Kier alpha value is -3.38. The number of halogens is 6. The summed E-state index contributed by atoms with van der Waals surface area (Å²) in [6, 6.07) is 8.15. The van der Waals surface area contributed by atoms with Crippen LogP contribution in [0.5, 0.6) is 5.75 Å². The van der Waals surface area contributed by atoms with E-state index in [9.17, 15) is 26.3 Å². The summed E-state index contributed by atoms with van der Waals surface area (Å²) in [7, 11) is 1.55. The molecular formula is C29H28F6N4OS. The Bertz CT molecular complexity index is 1430. The first-order valence-electron chi connectivity index (χ1n) is 13.0. The molecule has 1 aromatic heterocycles. The highest BCUT2D eigenvalue weighted by Crippen LogP contribution is 2.43. The number of aromatic nitrogens is 1. The molecule has 3 aromatic rings. The van der Waals surface area contributed by atoms with Gasteiger partial charge in [-0.2, -0.15) is 26.3 Å². The molecule has 2 aromatic carbocycles. The van der Waals surface area contributed by atoms with Crippen molar-refractivity contribution in [2.45, 2.75) is 37.3 Å². The number of alkyl halides is 6. The number of pyridine rings is 1. The first-order chi connectivity index (χ1) is 19.4. The van der Waals surface area contributed by atoms with Gasteiger partial charge in [-0.3, -0.25) is 9.88 Å². The van der Waals surface area contributed by atoms with Crippen molar-refractivity contribution in [2.75, 3.05) is 25.5 Å². The van der Waals surface area contributed by atoms with E-state index >= 15 is 0 Å². The quantitative estimate of drug-likeness (QED) is 0.179. The highest BCUT2D eigenvalue weighted by molar-refractivity contribution is 7.80. The molecule has 218 valence electrons. The molecule has 2 bridgehead atoms. The molecule has 0 amide bonds. The van der Waals surface area contributed by atoms with Crippen LogP contribution in [-0.4, -0.2) is 41.2 Å². The molecule has 12 heteroatoms. The maximum Gasteiger partial charge on any atom is 0.416 e. The van der Waals surface area contributed by atoms with Gasteiger partial charge >= 0.3 is 12.4 Å². The van der Waals surface area contributed by atoms with Crippen molar-refractivity contribution in [1.29, 1.82) is 0 Å². The van der Waals surface area contributed by atoms with Crippen molar-refractivity contribution in [1.82, 2.24) is 15.2 Å². The topological polar surface area (TPSA) is 49.4 Å². The molecule has 41 heavy (non-hydrogen) atoms. The Kier molecular flexibility index (Phi) is 7.90. The lowest BCUT2D eigenvalue weighted by atomic mass is 9.73. The van der Waals surface area contributed by atoms with Gasteiger partial charge in [-0.05, 0) is 91.5 Å². The lowest BCUT2D eigenvalue weighted by molar-refractivity contribution is -0.143. The first kappa shape index (κ1) is 29.1. The molecule has 3 aliphatic rings. The summed E-state index contributed by atoms with van der Waals surface area (Å²) >= 11 is 5.50. The number of fused-ring (bicyclic) bond motifs is 4. The van der Waals surface area contributed by atoms with E-state index in [0.29, 0.717) is 35.2 Å². The van der Waals surface area contributed by atoms with Crippen LogP contribution in [0.2, 0.25) is 0 Å². The van der Waals surface area contributed by atoms with Gasteiger partial charge in [0.05, 0.1) is 29.8 Å². The van der Waals surface area contributed by atoms with Crippen LogP contribution in [-0.2, 0) is 12.4 Å². The summed E-state index contributed by atoms with van der Waals surface area (Å²) in [5.41, 5.74) is -1.71. The second-order valence-electron chi connectivity index (χ2n) is 10.4. The largest absolute Gasteiger partial charge is 0.497 e. The molecule has 4 heterocycles. The Morgan fingerprint density at radius 3 is 2.39 bits per heavy atom. The molecule has 3 fully saturated rings. The minimum absolute atomic E-state index is 0.0475. The van der Waals surface area contributed by atoms with Gasteiger partial charge in [0, 0.05) is 29.9 Å². The third kappa shape index (κ3) is 6.13. The number of methoxy groups -OCH3 is 1. The molecule has 2 N–H and O–H groups in total. The van der Waals surface area contributed by atoms with E-state index in [2.05, 4.69) is 27.1 Å². The Morgan fingerprint density at radius 1 is 1.10 bits per heavy atom. The molecule has 0 saturated carbocycles. The highest BCUT2D eigenvalue weighted by atomic mass is 32.1. The van der Waals surface area contributed by atoms with Crippen LogP contribution in [0.1, 0.15) is 35.6 Å². The van der Waals surface area contributed by atoms with E-state index in [1.165, 1.54) is 0 Å². The van der Waals surface area contributed by atoms with E-state index in [1.54, 1.807) is 19.4 Å². The van der Waals surface area contributed by atoms with Crippen LogP contribution in [0.15, 0.2) is 61.3 Å². The first-order valence-corrected chi connectivity index (χ1v) is 13.4. The minimum atomic E-state index is -4.97. The lowest BCUT2D eigenvalue weighted by Gasteiger charge is -2.52. The van der Waals surface area contributed by atoms with Crippen molar-refractivity contribution >= 4 is 33.9 Å². The van der Waals surface area contributed by atoms with Crippen LogP contribution in [0, 0.1) is 11.8 Å². The number of nitrogens with one attached hydrogen (secondary N) is 2. The average molecular weight is 595 g/mol. The summed E-state index contributed by atoms with van der Waals surface area (Å²) in [4.78, 5) is 6.80. The number of thiocarbonyl (C=S) groups is 1. The number of piperidine rings is 3. The molecular weight excluding hydrogens is 566 g/mol. The number of rotatable bonds is 6. The zero-order chi connectivity index (χ0) is 29.5. The van der Waals surface area contributed by atoms with Crippen LogP contribution in [0.25, 0.3) is 10.9 Å². The van der Waals surface area contributed by atoms with Crippen LogP contribution in [0.3, 0.4) is 0 Å². The van der Waals surface area contributed by atoms with Crippen LogP contribution in [0.4, 0.5) is 32.0 Å². The fraction of sp³-hybridized carbons (Fsp3) is 0.379. The van der Waals surface area contributed by atoms with Gasteiger partial charge in [0.1, 0.15) is 5.75 Å². The summed E-state index contributed by atoms with van der Waals surface area (Å²) < 4.78 is 86.0. The Morgan fingerprint density at radius 2 is 1.80 bits per heavy atom. The highest BCUT2D eigenvalue weighted by Gasteiger charge is 2.43. The normalized spacial score (nSPS) is 23.2. The van der Waals surface area contributed by atoms with E-state index in [4.69, 9.17) is 17.0 Å². The predicted octanol–water partition coefficient (Wildman–Crippen LogP) is 7.21. The third-order valence-electron chi connectivity index (χ3n) is 7.99. The number of anilines is 1. The molecule has 3 unspecified atom stereocenters. The average Bonchev–Trinajstić information content (AvgIpc) is 2.94. The number of hydrogen-bond acceptors (Lipinski definition) is 4. The zero-order valence-corrected chi connectivity index (χ0v) is 22.8.